The van der Waals surface area contributed by atoms with Crippen molar-refractivity contribution >= 4 is 5.69 Å². The van der Waals surface area contributed by atoms with Gasteiger partial charge in [0.25, 0.3) is 5.56 Å². The molecule has 1 aliphatic heterocycles. The summed E-state index contributed by atoms with van der Waals surface area (Å²) < 4.78 is 7.42. The van der Waals surface area contributed by atoms with Crippen LogP contribution in [-0.2, 0) is 17.7 Å². The van der Waals surface area contributed by atoms with E-state index in [0.717, 1.165) is 6.42 Å². The normalized spacial score (nSPS) is 18.0. The van der Waals surface area contributed by atoms with Crippen LogP contribution in [0.1, 0.15) is 17.2 Å². The minimum atomic E-state index is -0.0792. The molecule has 0 bridgehead atoms. The zero-order valence-electron chi connectivity index (χ0n) is 10.6. The van der Waals surface area contributed by atoms with Crippen LogP contribution < -0.4 is 11.3 Å². The molecule has 0 radical (unpaired) electrons. The van der Waals surface area contributed by atoms with Crippen molar-refractivity contribution in [3.05, 3.63) is 64.1 Å². The van der Waals surface area contributed by atoms with Crippen LogP contribution in [0.4, 0.5) is 5.69 Å². The van der Waals surface area contributed by atoms with Gasteiger partial charge in [-0.2, -0.15) is 0 Å². The van der Waals surface area contributed by atoms with Crippen LogP contribution in [0.5, 0.6) is 0 Å². The highest BCUT2D eigenvalue weighted by Gasteiger charge is 2.20. The van der Waals surface area contributed by atoms with Gasteiger partial charge in [-0.15, -0.1) is 0 Å². The van der Waals surface area contributed by atoms with Gasteiger partial charge in [-0.05, 0) is 23.6 Å². The van der Waals surface area contributed by atoms with Crippen molar-refractivity contribution in [2.45, 2.75) is 19.1 Å². The number of anilines is 1. The molecule has 1 atom stereocenters. The smallest absolute Gasteiger partial charge is 0.250 e. The van der Waals surface area contributed by atoms with Crippen LogP contribution >= 0.6 is 0 Å². The summed E-state index contributed by atoms with van der Waals surface area (Å²) in [5.41, 5.74) is 8.73. The lowest BCUT2D eigenvalue weighted by molar-refractivity contribution is 0.0300. The van der Waals surface area contributed by atoms with Crippen molar-refractivity contribution in [1.29, 1.82) is 0 Å². The van der Waals surface area contributed by atoms with Crippen LogP contribution in [-0.4, -0.2) is 11.2 Å². The summed E-state index contributed by atoms with van der Waals surface area (Å²) in [6, 6.07) is 11.3. The highest BCUT2D eigenvalue weighted by atomic mass is 16.5. The Labute approximate surface area is 111 Å². The van der Waals surface area contributed by atoms with E-state index in [1.54, 1.807) is 16.8 Å². The SMILES string of the molecule is Nc1ccc(=O)n(CC2OCCc3ccccc32)c1. The fourth-order valence-corrected chi connectivity index (χ4v) is 2.50. The maximum atomic E-state index is 11.8. The molecule has 1 aromatic heterocycles. The van der Waals surface area contributed by atoms with E-state index in [9.17, 15) is 4.79 Å². The van der Waals surface area contributed by atoms with Crippen molar-refractivity contribution in [2.24, 2.45) is 0 Å². The monoisotopic (exact) mass is 256 g/mol. The number of aromatic nitrogens is 1. The average Bonchev–Trinajstić information content (AvgIpc) is 2.43. The molecule has 2 N–H and O–H groups in total. The maximum Gasteiger partial charge on any atom is 0.250 e. The molecule has 0 saturated heterocycles. The molecule has 4 nitrogen and oxygen atoms in total. The molecule has 1 aliphatic rings. The Balaban J connectivity index is 1.93. The van der Waals surface area contributed by atoms with Gasteiger partial charge in [-0.1, -0.05) is 24.3 Å². The Morgan fingerprint density at radius 2 is 2.11 bits per heavy atom. The molecule has 98 valence electrons. The standard InChI is InChI=1S/C15H16N2O2/c16-12-5-6-15(18)17(9-12)10-14-13-4-2-1-3-11(13)7-8-19-14/h1-6,9,14H,7-8,10,16H2. The second-order valence-corrected chi connectivity index (χ2v) is 4.76. The molecule has 0 saturated carbocycles. The Morgan fingerprint density at radius 1 is 1.26 bits per heavy atom. The van der Waals surface area contributed by atoms with Gasteiger partial charge in [-0.25, -0.2) is 0 Å². The van der Waals surface area contributed by atoms with Crippen molar-refractivity contribution in [1.82, 2.24) is 4.57 Å². The van der Waals surface area contributed by atoms with Gasteiger partial charge in [0.1, 0.15) is 6.10 Å². The lowest BCUT2D eigenvalue weighted by atomic mass is 9.97. The fraction of sp³-hybridized carbons (Fsp3) is 0.267. The minimum absolute atomic E-state index is 0.0548. The van der Waals surface area contributed by atoms with Crippen LogP contribution in [0.15, 0.2) is 47.4 Å². The quantitative estimate of drug-likeness (QED) is 0.890. The summed E-state index contributed by atoms with van der Waals surface area (Å²) in [4.78, 5) is 11.8. The van der Waals surface area contributed by atoms with Crippen molar-refractivity contribution in [2.75, 3.05) is 12.3 Å². The van der Waals surface area contributed by atoms with Gasteiger partial charge in [0.2, 0.25) is 0 Å². The Kier molecular flexibility index (Phi) is 3.09. The maximum absolute atomic E-state index is 11.8. The van der Waals surface area contributed by atoms with E-state index in [4.69, 9.17) is 10.5 Å². The molecule has 4 heteroatoms. The first-order chi connectivity index (χ1) is 9.24. The molecule has 1 aromatic carbocycles. The summed E-state index contributed by atoms with van der Waals surface area (Å²) in [6.45, 7) is 1.19. The number of pyridine rings is 1. The third kappa shape index (κ3) is 2.39. The number of nitrogens with zero attached hydrogens (tertiary/aromatic N) is 1. The zero-order chi connectivity index (χ0) is 13.2. The number of ether oxygens (including phenoxy) is 1. The second-order valence-electron chi connectivity index (χ2n) is 4.76. The molecule has 0 amide bonds. The highest BCUT2D eigenvalue weighted by Crippen LogP contribution is 2.27. The van der Waals surface area contributed by atoms with E-state index in [0.29, 0.717) is 18.8 Å². The highest BCUT2D eigenvalue weighted by molar-refractivity contribution is 5.34. The topological polar surface area (TPSA) is 57.2 Å². The predicted octanol–water partition coefficient (Wildman–Crippen LogP) is 1.74. The average molecular weight is 256 g/mol. The van der Waals surface area contributed by atoms with E-state index < -0.39 is 0 Å². The Bertz CT molecular complexity index is 649. The molecule has 2 heterocycles. The van der Waals surface area contributed by atoms with Gasteiger partial charge >= 0.3 is 0 Å². The number of hydrogen-bond acceptors (Lipinski definition) is 3. The van der Waals surface area contributed by atoms with E-state index >= 15 is 0 Å². The van der Waals surface area contributed by atoms with Crippen LogP contribution in [0.25, 0.3) is 0 Å². The summed E-state index contributed by atoms with van der Waals surface area (Å²) in [7, 11) is 0. The van der Waals surface area contributed by atoms with E-state index in [1.165, 1.54) is 17.2 Å². The molecule has 0 fully saturated rings. The number of nitrogens with two attached hydrogens (primary N) is 1. The Morgan fingerprint density at radius 3 is 3.00 bits per heavy atom. The van der Waals surface area contributed by atoms with Gasteiger partial charge in [0, 0.05) is 18.0 Å². The molecule has 19 heavy (non-hydrogen) atoms. The predicted molar refractivity (Wildman–Crippen MR) is 74.0 cm³/mol. The van der Waals surface area contributed by atoms with Crippen molar-refractivity contribution in [3.63, 3.8) is 0 Å². The molecule has 0 spiro atoms. The van der Waals surface area contributed by atoms with Crippen molar-refractivity contribution < 1.29 is 4.74 Å². The number of rotatable bonds is 2. The molecule has 1 unspecified atom stereocenters. The largest absolute Gasteiger partial charge is 0.398 e. The Hall–Kier alpha value is -2.07. The lowest BCUT2D eigenvalue weighted by Crippen LogP contribution is -2.26. The first kappa shape index (κ1) is 12.0. The summed E-state index contributed by atoms with van der Waals surface area (Å²) in [5, 5.41) is 0. The zero-order valence-corrected chi connectivity index (χ0v) is 10.6. The molecule has 2 aromatic rings. The van der Waals surface area contributed by atoms with E-state index in [2.05, 4.69) is 12.1 Å². The molecule has 0 aliphatic carbocycles. The number of fused-ring (bicyclic) bond motifs is 1. The van der Waals surface area contributed by atoms with Gasteiger partial charge in [0.15, 0.2) is 0 Å². The minimum Gasteiger partial charge on any atom is -0.398 e. The first-order valence-corrected chi connectivity index (χ1v) is 6.39. The van der Waals surface area contributed by atoms with Crippen LogP contribution in [0, 0.1) is 0 Å². The van der Waals surface area contributed by atoms with E-state index in [-0.39, 0.29) is 11.7 Å². The molecule has 3 rings (SSSR count). The molecular weight excluding hydrogens is 240 g/mol. The van der Waals surface area contributed by atoms with Crippen LogP contribution in [0.3, 0.4) is 0 Å². The number of nitrogen functional groups attached to an aromatic ring is 1. The van der Waals surface area contributed by atoms with E-state index in [1.807, 2.05) is 12.1 Å². The third-order valence-corrected chi connectivity index (χ3v) is 3.46. The lowest BCUT2D eigenvalue weighted by Gasteiger charge is -2.26. The summed E-state index contributed by atoms with van der Waals surface area (Å²) in [6.07, 6.45) is 2.52. The summed E-state index contributed by atoms with van der Waals surface area (Å²) >= 11 is 0. The van der Waals surface area contributed by atoms with Gasteiger partial charge in [0.05, 0.1) is 13.2 Å². The number of benzene rings is 1. The second kappa shape index (κ2) is 4.90. The first-order valence-electron chi connectivity index (χ1n) is 6.39. The number of hydrogen-bond donors (Lipinski definition) is 1. The van der Waals surface area contributed by atoms with Gasteiger partial charge < -0.3 is 15.0 Å². The third-order valence-electron chi connectivity index (χ3n) is 3.46. The molecular formula is C15H16N2O2. The fourth-order valence-electron chi connectivity index (χ4n) is 2.50. The van der Waals surface area contributed by atoms with Crippen molar-refractivity contribution in [3.8, 4) is 0 Å². The van der Waals surface area contributed by atoms with Gasteiger partial charge in [-0.3, -0.25) is 4.79 Å². The summed E-state index contributed by atoms with van der Waals surface area (Å²) in [5.74, 6) is 0. The van der Waals surface area contributed by atoms with Crippen LogP contribution in [0.2, 0.25) is 0 Å².